The van der Waals surface area contributed by atoms with Gasteiger partial charge in [0.1, 0.15) is 0 Å². The zero-order valence-corrected chi connectivity index (χ0v) is 18.1. The first-order chi connectivity index (χ1) is 14.3. The Bertz CT molecular complexity index is 525. The molecule has 4 unspecified atom stereocenters. The van der Waals surface area contributed by atoms with Crippen molar-refractivity contribution in [1.82, 2.24) is 0 Å². The lowest BCUT2D eigenvalue weighted by Gasteiger charge is -2.35. The van der Waals surface area contributed by atoms with E-state index in [4.69, 9.17) is 9.47 Å². The molecule has 0 spiro atoms. The first-order valence-corrected chi connectivity index (χ1v) is 11.1. The smallest absolute Gasteiger partial charge is 0.309 e. The minimum Gasteiger partial charge on any atom is -0.481 e. The van der Waals surface area contributed by atoms with E-state index in [0.717, 1.165) is 38.5 Å². The highest BCUT2D eigenvalue weighted by atomic mass is 16.5. The molecule has 1 aliphatic rings. The summed E-state index contributed by atoms with van der Waals surface area (Å²) < 4.78 is 10.5. The monoisotopic (exact) mass is 428 g/mol. The highest BCUT2D eigenvalue weighted by Crippen LogP contribution is 2.40. The lowest BCUT2D eigenvalue weighted by atomic mass is 9.68. The van der Waals surface area contributed by atoms with Gasteiger partial charge < -0.3 is 19.7 Å². The number of rotatable bonds is 14. The Balaban J connectivity index is 2.78. The Morgan fingerprint density at radius 2 is 1.00 bits per heavy atom. The third kappa shape index (κ3) is 8.32. The van der Waals surface area contributed by atoms with E-state index in [9.17, 15) is 29.4 Å². The van der Waals surface area contributed by atoms with Crippen LogP contribution in [-0.4, -0.2) is 47.3 Å². The Kier molecular flexibility index (Phi) is 12.1. The second-order valence-electron chi connectivity index (χ2n) is 8.03. The summed E-state index contributed by atoms with van der Waals surface area (Å²) in [6.45, 7) is 4.51. The van der Waals surface area contributed by atoms with Crippen LogP contribution in [0.5, 0.6) is 0 Å². The molecule has 0 aromatic rings. The number of hydrogen-bond acceptors (Lipinski definition) is 6. The van der Waals surface area contributed by atoms with Crippen LogP contribution in [0.2, 0.25) is 0 Å². The fourth-order valence-electron chi connectivity index (χ4n) is 3.89. The average Bonchev–Trinajstić information content (AvgIpc) is 2.71. The maximum absolute atomic E-state index is 12.5. The van der Waals surface area contributed by atoms with Gasteiger partial charge in [-0.15, -0.1) is 0 Å². The van der Waals surface area contributed by atoms with Gasteiger partial charge in [0.2, 0.25) is 0 Å². The lowest BCUT2D eigenvalue weighted by molar-refractivity contribution is -0.172. The molecule has 1 fully saturated rings. The molecule has 1 rings (SSSR count). The van der Waals surface area contributed by atoms with Crippen LogP contribution in [0.4, 0.5) is 0 Å². The fraction of sp³-hybridized carbons (Fsp3) is 0.818. The number of esters is 2. The molecule has 4 atom stereocenters. The minimum atomic E-state index is -1.25. The summed E-state index contributed by atoms with van der Waals surface area (Å²) in [4.78, 5) is 48.4. The summed E-state index contributed by atoms with van der Waals surface area (Å²) in [5, 5.41) is 19.1. The SMILES string of the molecule is CCCCCCOC(=O)C1CC(C(=O)OCCCCCC)C(C(=O)O)CC1C(=O)O. The van der Waals surface area contributed by atoms with Gasteiger partial charge in [0.05, 0.1) is 36.9 Å². The predicted octanol–water partition coefficient (Wildman–Crippen LogP) is 3.66. The number of aliphatic carboxylic acids is 2. The molecule has 1 aliphatic carbocycles. The summed E-state index contributed by atoms with van der Waals surface area (Å²) in [7, 11) is 0. The van der Waals surface area contributed by atoms with Gasteiger partial charge in [-0.3, -0.25) is 19.2 Å². The average molecular weight is 429 g/mol. The summed E-state index contributed by atoms with van der Waals surface area (Å²) >= 11 is 0. The highest BCUT2D eigenvalue weighted by molar-refractivity contribution is 5.86. The maximum Gasteiger partial charge on any atom is 0.309 e. The van der Waals surface area contributed by atoms with Crippen LogP contribution in [0.25, 0.3) is 0 Å². The van der Waals surface area contributed by atoms with Crippen molar-refractivity contribution in [3.8, 4) is 0 Å². The molecule has 0 heterocycles. The van der Waals surface area contributed by atoms with Gasteiger partial charge in [-0.25, -0.2) is 0 Å². The van der Waals surface area contributed by atoms with Gasteiger partial charge in [-0.05, 0) is 25.7 Å². The molecule has 0 radical (unpaired) electrons. The first kappa shape index (κ1) is 25.9. The number of carbonyl (C=O) groups excluding carboxylic acids is 2. The Morgan fingerprint density at radius 3 is 1.33 bits per heavy atom. The van der Waals surface area contributed by atoms with E-state index in [1.165, 1.54) is 0 Å². The second kappa shape index (κ2) is 14.0. The van der Waals surface area contributed by atoms with Crippen molar-refractivity contribution in [3.63, 3.8) is 0 Å². The molecule has 0 amide bonds. The number of hydrogen-bond donors (Lipinski definition) is 2. The molecular formula is C22H36O8. The van der Waals surface area contributed by atoms with Crippen molar-refractivity contribution in [3.05, 3.63) is 0 Å². The van der Waals surface area contributed by atoms with E-state index in [1.807, 2.05) is 0 Å². The van der Waals surface area contributed by atoms with Gasteiger partial charge in [-0.2, -0.15) is 0 Å². The molecule has 30 heavy (non-hydrogen) atoms. The van der Waals surface area contributed by atoms with Crippen molar-refractivity contribution in [1.29, 1.82) is 0 Å². The van der Waals surface area contributed by atoms with Crippen molar-refractivity contribution < 1.29 is 38.9 Å². The molecule has 0 aliphatic heterocycles. The summed E-state index contributed by atoms with van der Waals surface area (Å²) in [5.41, 5.74) is 0. The number of unbranched alkanes of at least 4 members (excludes halogenated alkanes) is 6. The highest BCUT2D eigenvalue weighted by Gasteiger charge is 2.50. The fourth-order valence-corrected chi connectivity index (χ4v) is 3.89. The molecule has 172 valence electrons. The second-order valence-corrected chi connectivity index (χ2v) is 8.03. The number of carbonyl (C=O) groups is 4. The van der Waals surface area contributed by atoms with E-state index in [2.05, 4.69) is 13.8 Å². The third-order valence-corrected chi connectivity index (χ3v) is 5.71. The molecule has 8 nitrogen and oxygen atoms in total. The van der Waals surface area contributed by atoms with Crippen LogP contribution >= 0.6 is 0 Å². The lowest BCUT2D eigenvalue weighted by Crippen LogP contribution is -2.45. The normalized spacial score (nSPS) is 23.5. The van der Waals surface area contributed by atoms with Crippen molar-refractivity contribution >= 4 is 23.9 Å². The van der Waals surface area contributed by atoms with Gasteiger partial charge in [0.25, 0.3) is 0 Å². The summed E-state index contributed by atoms with van der Waals surface area (Å²) in [5.74, 6) is -8.34. The van der Waals surface area contributed by atoms with Gasteiger partial charge >= 0.3 is 23.9 Å². The molecule has 0 saturated heterocycles. The minimum absolute atomic E-state index is 0.185. The molecule has 0 aromatic carbocycles. The Hall–Kier alpha value is -2.12. The number of carboxylic acids is 2. The van der Waals surface area contributed by atoms with Crippen LogP contribution in [0.15, 0.2) is 0 Å². The molecule has 1 saturated carbocycles. The maximum atomic E-state index is 12.5. The Morgan fingerprint density at radius 1 is 0.633 bits per heavy atom. The van der Waals surface area contributed by atoms with Crippen LogP contribution in [0, 0.1) is 23.7 Å². The van der Waals surface area contributed by atoms with E-state index in [-0.39, 0.29) is 26.1 Å². The molecule has 0 aromatic heterocycles. The number of carboxylic acid groups (broad SMARTS) is 2. The Labute approximate surface area is 178 Å². The molecular weight excluding hydrogens is 392 g/mol. The molecule has 8 heteroatoms. The van der Waals surface area contributed by atoms with Crippen molar-refractivity contribution in [2.75, 3.05) is 13.2 Å². The third-order valence-electron chi connectivity index (χ3n) is 5.71. The van der Waals surface area contributed by atoms with Crippen molar-refractivity contribution in [2.45, 2.75) is 78.1 Å². The zero-order chi connectivity index (χ0) is 22.5. The summed E-state index contributed by atoms with van der Waals surface area (Å²) in [6, 6.07) is 0. The summed E-state index contributed by atoms with van der Waals surface area (Å²) in [6.07, 6.45) is 6.82. The van der Waals surface area contributed by atoms with Gasteiger partial charge in [0, 0.05) is 0 Å². The van der Waals surface area contributed by atoms with E-state index < -0.39 is 47.5 Å². The van der Waals surface area contributed by atoms with Crippen LogP contribution in [0.3, 0.4) is 0 Å². The zero-order valence-electron chi connectivity index (χ0n) is 18.1. The molecule has 2 N–H and O–H groups in total. The van der Waals surface area contributed by atoms with E-state index >= 15 is 0 Å². The van der Waals surface area contributed by atoms with Crippen LogP contribution in [0.1, 0.15) is 78.1 Å². The van der Waals surface area contributed by atoms with Crippen LogP contribution in [-0.2, 0) is 28.7 Å². The number of ether oxygens (including phenoxy) is 2. The predicted molar refractivity (Wildman–Crippen MR) is 109 cm³/mol. The standard InChI is InChI=1S/C22H36O8/c1-3-5-7-9-11-29-21(27)17-14-18(22(28)30-12-10-8-6-4-2)16(20(25)26)13-15(17)19(23)24/h15-18H,3-14H2,1-2H3,(H,23,24)(H,25,26). The quantitative estimate of drug-likeness (QED) is 0.317. The van der Waals surface area contributed by atoms with E-state index in [1.54, 1.807) is 0 Å². The largest absolute Gasteiger partial charge is 0.481 e. The van der Waals surface area contributed by atoms with Crippen LogP contribution < -0.4 is 0 Å². The van der Waals surface area contributed by atoms with E-state index in [0.29, 0.717) is 12.8 Å². The van der Waals surface area contributed by atoms with Gasteiger partial charge in [0.15, 0.2) is 0 Å². The molecule has 0 bridgehead atoms. The van der Waals surface area contributed by atoms with Crippen molar-refractivity contribution in [2.24, 2.45) is 23.7 Å². The topological polar surface area (TPSA) is 127 Å². The van der Waals surface area contributed by atoms with Gasteiger partial charge in [-0.1, -0.05) is 52.4 Å². The first-order valence-electron chi connectivity index (χ1n) is 11.1.